The van der Waals surface area contributed by atoms with Gasteiger partial charge in [0.1, 0.15) is 22.7 Å². The highest BCUT2D eigenvalue weighted by Gasteiger charge is 2.45. The quantitative estimate of drug-likeness (QED) is 0.149. The number of rotatable bonds is 7. The molecule has 7 heteroatoms. The van der Waals surface area contributed by atoms with Crippen LogP contribution in [-0.4, -0.2) is 20.4 Å². The number of benzene rings is 14. The highest BCUT2D eigenvalue weighted by molar-refractivity contribution is 6.99. The molecule has 20 rings (SSSR count). The third-order valence-corrected chi connectivity index (χ3v) is 23.7. The summed E-state index contributed by atoms with van der Waals surface area (Å²) < 4.78 is 97.3. The van der Waals surface area contributed by atoms with Gasteiger partial charge < -0.3 is 27.8 Å². The third-order valence-electron chi connectivity index (χ3n) is 23.7. The predicted molar refractivity (Wildman–Crippen MR) is 472 cm³/mol. The minimum Gasteiger partial charge on any atom is -0.458 e. The largest absolute Gasteiger partial charge is 0.458 e. The minimum absolute atomic E-state index is 0.000167. The second-order valence-electron chi connectivity index (χ2n) is 36.0. The van der Waals surface area contributed by atoms with Crippen LogP contribution < -0.4 is 26.0 Å². The summed E-state index contributed by atoms with van der Waals surface area (Å²) in [4.78, 5) is 2.41. The van der Waals surface area contributed by atoms with Crippen molar-refractivity contribution in [2.75, 3.05) is 4.90 Å². The van der Waals surface area contributed by atoms with Gasteiger partial charge in [0.05, 0.1) is 55.4 Å². The van der Waals surface area contributed by atoms with E-state index in [-0.39, 0.29) is 55.6 Å². The number of para-hydroxylation sites is 4. The van der Waals surface area contributed by atoms with Crippen LogP contribution in [0.25, 0.3) is 138 Å². The molecule has 0 fully saturated rings. The fraction of sp³-hybridized carbons (Fsp3) is 0.192. The van der Waals surface area contributed by atoms with Crippen molar-refractivity contribution in [3.8, 4) is 61.9 Å². The molecule has 0 saturated heterocycles. The van der Waals surface area contributed by atoms with E-state index in [9.17, 15) is 8.22 Å². The Hall–Kier alpha value is -12.1. The Bertz CT molecular complexity index is 7250. The van der Waals surface area contributed by atoms with Gasteiger partial charge in [-0.1, -0.05) is 261 Å². The molecule has 4 aromatic heterocycles. The van der Waals surface area contributed by atoms with Crippen LogP contribution in [0.3, 0.4) is 0 Å². The first-order valence-electron chi connectivity index (χ1n) is 42.9. The summed E-state index contributed by atoms with van der Waals surface area (Å²) in [5, 5.41) is 6.66. The lowest BCUT2D eigenvalue weighted by atomic mass is 9.34. The average molecular weight is 1450 g/mol. The zero-order valence-electron chi connectivity index (χ0n) is 73.6. The first-order chi connectivity index (χ1) is 56.5. The van der Waals surface area contributed by atoms with Crippen molar-refractivity contribution in [2.45, 2.75) is 131 Å². The molecule has 2 aliphatic rings. The molecular weight excluding hydrogens is 1350 g/mol. The molecule has 18 aromatic rings. The lowest BCUT2D eigenvalue weighted by Crippen LogP contribution is -2.59. The Balaban J connectivity index is 0.949. The summed E-state index contributed by atoms with van der Waals surface area (Å²) in [6.45, 7) is 33.5. The molecule has 0 N–H and O–H groups in total. The molecule has 2 aliphatic heterocycles. The number of hydrogen-bond acceptors (Lipinski definition) is 3. The standard InChI is InChI=1S/C104H91BN4O2/c1-100(2,3)65-40-49-86-77(56-65)78-57-66(101(4,5)6)41-50-87(78)107(86)70-45-48-83-95(61-70)111-96-55-64(97-71(63-39-46-76-75-31-21-24-38-93(75)110-94(76)54-63)32-26-37-90(97)108-88-51-42-67(102(7,8)9)58-79(88)80-59-68(103(10,11)12)43-52-89(80)108)53-92-98(96)105(83)82-47-44-69(106-84-35-22-19-29-73(84)74-30-20-23-36-85(74)106)60-91(82)109(92)99-72(62-27-17-16-18-28-62)33-25-34-81(99)104(13,14)15/h16-61H,1-15H3/i19D,20D,22D,23D,29D,30D,35D,36D. The van der Waals surface area contributed by atoms with Crippen LogP contribution in [0.15, 0.2) is 283 Å². The third kappa shape index (κ3) is 10.7. The summed E-state index contributed by atoms with van der Waals surface area (Å²) in [5.41, 5.74) is 23.7. The van der Waals surface area contributed by atoms with Gasteiger partial charge in [-0.3, -0.25) is 0 Å². The van der Waals surface area contributed by atoms with Crippen LogP contribution in [0.4, 0.5) is 17.1 Å². The van der Waals surface area contributed by atoms with Gasteiger partial charge in [0.25, 0.3) is 6.71 Å². The number of furan rings is 1. The summed E-state index contributed by atoms with van der Waals surface area (Å²) in [6.07, 6.45) is 0. The maximum Gasteiger partial charge on any atom is 0.256 e. The van der Waals surface area contributed by atoms with Crippen molar-refractivity contribution in [2.24, 2.45) is 0 Å². The van der Waals surface area contributed by atoms with E-state index in [0.717, 1.165) is 149 Å². The van der Waals surface area contributed by atoms with Crippen molar-refractivity contribution in [1.29, 1.82) is 0 Å². The molecule has 6 nitrogen and oxygen atoms in total. The molecule has 0 amide bonds. The Morgan fingerprint density at radius 2 is 0.829 bits per heavy atom. The molecular formula is C104H91BN4O2. The van der Waals surface area contributed by atoms with Crippen molar-refractivity contribution in [3.63, 3.8) is 0 Å². The molecule has 542 valence electrons. The number of fused-ring (bicyclic) bond motifs is 16. The highest BCUT2D eigenvalue weighted by Crippen LogP contribution is 2.53. The number of aromatic nitrogens is 3. The van der Waals surface area contributed by atoms with E-state index in [4.69, 9.17) is 11.9 Å². The van der Waals surface area contributed by atoms with Crippen molar-refractivity contribution in [3.05, 3.63) is 307 Å². The molecule has 0 radical (unpaired) electrons. The molecule has 0 spiro atoms. The topological polar surface area (TPSA) is 40.4 Å². The second-order valence-corrected chi connectivity index (χ2v) is 36.0. The van der Waals surface area contributed by atoms with Crippen LogP contribution in [-0.2, 0) is 27.1 Å². The SMILES string of the molecule is [2H]c1c([2H])c([2H])c2c(c1[2H])c1c([2H])c([2H])c([2H])c([2H])c1n2-c1ccc2c(c1)N(c1c(-c3ccccc3)cccc1C(C)(C)C)c1cc(-c3c(-c4ccc5c(c4)oc4ccccc45)cccc3-n3c4ccc(C(C)(C)C)cc4c4cc(C(C)(C)C)ccc43)cc3c1B2c1ccc(-n2c4ccc(C(C)(C)C)cc4c4cc(C(C)(C)C)ccc42)cc1O3. The fourth-order valence-corrected chi connectivity index (χ4v) is 17.9. The maximum absolute atomic E-state index is 9.89. The number of nitrogens with zero attached hydrogens (tertiary/aromatic N) is 4. The van der Waals surface area contributed by atoms with E-state index in [0.29, 0.717) is 17.2 Å². The Labute approximate surface area is 662 Å². The van der Waals surface area contributed by atoms with Crippen molar-refractivity contribution < 1.29 is 20.1 Å². The van der Waals surface area contributed by atoms with E-state index < -0.39 is 48.4 Å². The van der Waals surface area contributed by atoms with Crippen LogP contribution >= 0.6 is 0 Å². The van der Waals surface area contributed by atoms with Crippen molar-refractivity contribution >= 4 is 128 Å². The Morgan fingerprint density at radius 3 is 1.41 bits per heavy atom. The van der Waals surface area contributed by atoms with Crippen LogP contribution in [0, 0.1) is 0 Å². The lowest BCUT2D eigenvalue weighted by molar-refractivity contribution is 0.487. The molecule has 0 saturated carbocycles. The molecule has 111 heavy (non-hydrogen) atoms. The molecule has 14 aromatic carbocycles. The zero-order chi connectivity index (χ0) is 83.2. The minimum atomic E-state index is -0.541. The molecule has 0 unspecified atom stereocenters. The number of hydrogen-bond donors (Lipinski definition) is 0. The van der Waals surface area contributed by atoms with Crippen molar-refractivity contribution in [1.82, 2.24) is 13.7 Å². The highest BCUT2D eigenvalue weighted by atomic mass is 16.5. The van der Waals surface area contributed by atoms with Crippen LogP contribution in [0.1, 0.15) is 143 Å². The molecule has 0 atom stereocenters. The van der Waals surface area contributed by atoms with Gasteiger partial charge in [-0.05, 0) is 209 Å². The first-order valence-corrected chi connectivity index (χ1v) is 38.9. The number of ether oxygens (including phenoxy) is 1. The zero-order valence-corrected chi connectivity index (χ0v) is 65.6. The molecule has 0 bridgehead atoms. The van der Waals surface area contributed by atoms with Crippen LogP contribution in [0.5, 0.6) is 11.5 Å². The van der Waals surface area contributed by atoms with Gasteiger partial charge in [0, 0.05) is 83.0 Å². The van der Waals surface area contributed by atoms with Gasteiger partial charge in [-0.25, -0.2) is 0 Å². The summed E-state index contributed by atoms with van der Waals surface area (Å²) in [7, 11) is 0. The Kier molecular flexibility index (Phi) is 13.1. The van der Waals surface area contributed by atoms with Gasteiger partial charge in [-0.15, -0.1) is 0 Å². The predicted octanol–water partition coefficient (Wildman–Crippen LogP) is 26.8. The Morgan fingerprint density at radius 1 is 0.315 bits per heavy atom. The summed E-state index contributed by atoms with van der Waals surface area (Å²) >= 11 is 0. The van der Waals surface area contributed by atoms with E-state index in [1.165, 1.54) is 22.3 Å². The van der Waals surface area contributed by atoms with Gasteiger partial charge in [0.15, 0.2) is 0 Å². The van der Waals surface area contributed by atoms with E-state index >= 15 is 0 Å². The van der Waals surface area contributed by atoms with E-state index in [2.05, 4.69) is 324 Å². The monoisotopic (exact) mass is 1450 g/mol. The van der Waals surface area contributed by atoms with Gasteiger partial charge in [-0.2, -0.15) is 0 Å². The molecule has 6 heterocycles. The van der Waals surface area contributed by atoms with E-state index in [1.54, 1.807) is 4.57 Å². The smallest absolute Gasteiger partial charge is 0.256 e. The summed E-state index contributed by atoms with van der Waals surface area (Å²) in [5.74, 6) is 1.30. The normalized spacial score (nSPS) is 14.4. The number of anilines is 3. The lowest BCUT2D eigenvalue weighted by Gasteiger charge is -2.43. The van der Waals surface area contributed by atoms with E-state index in [1.807, 2.05) is 24.3 Å². The maximum atomic E-state index is 9.89. The average Bonchev–Trinajstić information content (AvgIpc) is 1.60. The summed E-state index contributed by atoms with van der Waals surface area (Å²) in [6, 6.07) is 80.4. The van der Waals surface area contributed by atoms with Crippen LogP contribution in [0.2, 0.25) is 0 Å². The van der Waals surface area contributed by atoms with Gasteiger partial charge in [0.2, 0.25) is 0 Å². The fourth-order valence-electron chi connectivity index (χ4n) is 17.9. The second kappa shape index (κ2) is 24.2. The van der Waals surface area contributed by atoms with Gasteiger partial charge >= 0.3 is 0 Å². The first kappa shape index (κ1) is 59.8. The molecule has 0 aliphatic carbocycles.